The summed E-state index contributed by atoms with van der Waals surface area (Å²) in [4.78, 5) is 11.2. The minimum absolute atomic E-state index is 0.0571. The topological polar surface area (TPSA) is 52.3 Å². The molecule has 2 N–H and O–H groups in total. The highest BCUT2D eigenvalue weighted by atomic mass is 16.5. The van der Waals surface area contributed by atoms with E-state index in [2.05, 4.69) is 11.7 Å². The van der Waals surface area contributed by atoms with Crippen molar-refractivity contribution >= 4 is 5.97 Å². The van der Waals surface area contributed by atoms with Gasteiger partial charge in [-0.05, 0) is 24.1 Å². The van der Waals surface area contributed by atoms with E-state index in [9.17, 15) is 4.79 Å². The molecule has 0 amide bonds. The first-order valence-electron chi connectivity index (χ1n) is 5.13. The molecule has 0 heterocycles. The zero-order valence-electron chi connectivity index (χ0n) is 9.19. The Labute approximate surface area is 90.2 Å². The molecule has 15 heavy (non-hydrogen) atoms. The van der Waals surface area contributed by atoms with Crippen LogP contribution in [-0.4, -0.2) is 13.1 Å². The van der Waals surface area contributed by atoms with E-state index in [0.717, 1.165) is 18.4 Å². The smallest absolute Gasteiger partial charge is 0.337 e. The van der Waals surface area contributed by atoms with Gasteiger partial charge in [-0.15, -0.1) is 0 Å². The summed E-state index contributed by atoms with van der Waals surface area (Å²) in [6.45, 7) is 2.10. The number of methoxy groups -OCH3 is 1. The average Bonchev–Trinajstić information content (AvgIpc) is 2.28. The van der Waals surface area contributed by atoms with Gasteiger partial charge in [0.05, 0.1) is 12.7 Å². The molecule has 1 aromatic carbocycles. The maximum atomic E-state index is 11.2. The van der Waals surface area contributed by atoms with Crippen molar-refractivity contribution in [3.05, 3.63) is 35.4 Å². The monoisotopic (exact) mass is 207 g/mol. The van der Waals surface area contributed by atoms with E-state index in [0.29, 0.717) is 5.56 Å². The molecule has 3 nitrogen and oxygen atoms in total. The van der Waals surface area contributed by atoms with E-state index >= 15 is 0 Å². The SMILES string of the molecule is CCC[C@@H](N)c1ccc(C(=O)OC)cc1. The quantitative estimate of drug-likeness (QED) is 0.770. The minimum Gasteiger partial charge on any atom is -0.465 e. The zero-order valence-corrected chi connectivity index (χ0v) is 9.19. The highest BCUT2D eigenvalue weighted by Crippen LogP contribution is 2.16. The van der Waals surface area contributed by atoms with Crippen LogP contribution in [0.15, 0.2) is 24.3 Å². The Morgan fingerprint density at radius 1 is 1.40 bits per heavy atom. The van der Waals surface area contributed by atoms with Crippen LogP contribution in [-0.2, 0) is 4.74 Å². The summed E-state index contributed by atoms with van der Waals surface area (Å²) >= 11 is 0. The van der Waals surface area contributed by atoms with Gasteiger partial charge in [-0.1, -0.05) is 25.5 Å². The van der Waals surface area contributed by atoms with E-state index in [4.69, 9.17) is 5.73 Å². The number of hydrogen-bond acceptors (Lipinski definition) is 3. The van der Waals surface area contributed by atoms with Crippen molar-refractivity contribution in [1.82, 2.24) is 0 Å². The molecule has 0 spiro atoms. The number of carbonyl (C=O) groups is 1. The van der Waals surface area contributed by atoms with Crippen molar-refractivity contribution < 1.29 is 9.53 Å². The van der Waals surface area contributed by atoms with Crippen molar-refractivity contribution in [3.63, 3.8) is 0 Å². The van der Waals surface area contributed by atoms with E-state index < -0.39 is 0 Å². The van der Waals surface area contributed by atoms with Crippen LogP contribution in [0.5, 0.6) is 0 Å². The van der Waals surface area contributed by atoms with Gasteiger partial charge in [-0.25, -0.2) is 4.79 Å². The summed E-state index contributed by atoms with van der Waals surface area (Å²) in [6, 6.07) is 7.31. The summed E-state index contributed by atoms with van der Waals surface area (Å²) in [6.07, 6.45) is 2.01. The minimum atomic E-state index is -0.314. The van der Waals surface area contributed by atoms with Crippen LogP contribution in [0.1, 0.15) is 41.7 Å². The standard InChI is InChI=1S/C12H17NO2/c1-3-4-11(13)9-5-7-10(8-6-9)12(14)15-2/h5-8,11H,3-4,13H2,1-2H3/t11-/m1/s1. The number of nitrogens with two attached hydrogens (primary N) is 1. The van der Waals surface area contributed by atoms with Crippen LogP contribution >= 0.6 is 0 Å². The zero-order chi connectivity index (χ0) is 11.3. The van der Waals surface area contributed by atoms with Crippen LogP contribution in [0, 0.1) is 0 Å². The summed E-state index contributed by atoms with van der Waals surface area (Å²) < 4.78 is 4.61. The van der Waals surface area contributed by atoms with Crippen molar-refractivity contribution in [2.75, 3.05) is 7.11 Å². The molecular formula is C12H17NO2. The van der Waals surface area contributed by atoms with Crippen molar-refractivity contribution in [2.45, 2.75) is 25.8 Å². The Balaban J connectivity index is 2.76. The second-order valence-corrected chi connectivity index (χ2v) is 3.51. The molecule has 0 radical (unpaired) electrons. The normalized spacial score (nSPS) is 12.2. The van der Waals surface area contributed by atoms with Gasteiger partial charge >= 0.3 is 5.97 Å². The third-order valence-electron chi connectivity index (χ3n) is 2.36. The molecular weight excluding hydrogens is 190 g/mol. The predicted molar refractivity (Wildman–Crippen MR) is 59.6 cm³/mol. The molecule has 0 saturated heterocycles. The fourth-order valence-electron chi connectivity index (χ4n) is 1.46. The highest BCUT2D eigenvalue weighted by molar-refractivity contribution is 5.89. The van der Waals surface area contributed by atoms with Gasteiger partial charge in [-0.3, -0.25) is 0 Å². The largest absolute Gasteiger partial charge is 0.465 e. The first-order valence-corrected chi connectivity index (χ1v) is 5.13. The van der Waals surface area contributed by atoms with Crippen molar-refractivity contribution in [3.8, 4) is 0 Å². The number of carbonyl (C=O) groups excluding carboxylic acids is 1. The van der Waals surface area contributed by atoms with Gasteiger partial charge in [0.25, 0.3) is 0 Å². The second kappa shape index (κ2) is 5.51. The van der Waals surface area contributed by atoms with Gasteiger partial charge in [0.1, 0.15) is 0 Å². The van der Waals surface area contributed by atoms with Crippen LogP contribution in [0.4, 0.5) is 0 Å². The lowest BCUT2D eigenvalue weighted by Crippen LogP contribution is -2.10. The molecule has 0 bridgehead atoms. The molecule has 1 rings (SSSR count). The third-order valence-corrected chi connectivity index (χ3v) is 2.36. The van der Waals surface area contributed by atoms with Gasteiger partial charge in [-0.2, -0.15) is 0 Å². The lowest BCUT2D eigenvalue weighted by molar-refractivity contribution is 0.0600. The molecule has 0 aliphatic heterocycles. The Kier molecular flexibility index (Phi) is 4.31. The maximum Gasteiger partial charge on any atom is 0.337 e. The fourth-order valence-corrected chi connectivity index (χ4v) is 1.46. The lowest BCUT2D eigenvalue weighted by Gasteiger charge is -2.10. The number of ether oxygens (including phenoxy) is 1. The van der Waals surface area contributed by atoms with Gasteiger partial charge in [0.15, 0.2) is 0 Å². The summed E-state index contributed by atoms with van der Waals surface area (Å²) in [5, 5.41) is 0. The van der Waals surface area contributed by atoms with Crippen LogP contribution in [0.2, 0.25) is 0 Å². The third kappa shape index (κ3) is 3.06. The highest BCUT2D eigenvalue weighted by Gasteiger charge is 2.07. The van der Waals surface area contributed by atoms with Crippen molar-refractivity contribution in [1.29, 1.82) is 0 Å². The average molecular weight is 207 g/mol. The van der Waals surface area contributed by atoms with Gasteiger partial charge < -0.3 is 10.5 Å². The Hall–Kier alpha value is -1.35. The second-order valence-electron chi connectivity index (χ2n) is 3.51. The summed E-state index contributed by atoms with van der Waals surface area (Å²) in [7, 11) is 1.37. The Morgan fingerprint density at radius 3 is 2.47 bits per heavy atom. The predicted octanol–water partition coefficient (Wildman–Crippen LogP) is 2.27. The number of rotatable bonds is 4. The molecule has 1 atom stereocenters. The van der Waals surface area contributed by atoms with Crippen molar-refractivity contribution in [2.24, 2.45) is 5.73 Å². The van der Waals surface area contributed by atoms with Gasteiger partial charge in [0, 0.05) is 6.04 Å². The number of esters is 1. The van der Waals surface area contributed by atoms with E-state index in [1.54, 1.807) is 12.1 Å². The number of benzene rings is 1. The van der Waals surface area contributed by atoms with Gasteiger partial charge in [0.2, 0.25) is 0 Å². The number of hydrogen-bond donors (Lipinski definition) is 1. The van der Waals surface area contributed by atoms with Crippen LogP contribution < -0.4 is 5.73 Å². The van der Waals surface area contributed by atoms with E-state index in [1.807, 2.05) is 12.1 Å². The van der Waals surface area contributed by atoms with E-state index in [1.165, 1.54) is 7.11 Å². The molecule has 0 aliphatic rings. The van der Waals surface area contributed by atoms with E-state index in [-0.39, 0.29) is 12.0 Å². The molecule has 0 aliphatic carbocycles. The molecule has 0 aromatic heterocycles. The molecule has 0 saturated carbocycles. The lowest BCUT2D eigenvalue weighted by atomic mass is 10.0. The Bertz CT molecular complexity index is 319. The molecule has 0 unspecified atom stereocenters. The molecule has 0 fully saturated rings. The molecule has 1 aromatic rings. The molecule has 82 valence electrons. The summed E-state index contributed by atoms with van der Waals surface area (Å²) in [5.41, 5.74) is 7.57. The Morgan fingerprint density at radius 2 is 2.00 bits per heavy atom. The first-order chi connectivity index (χ1) is 7.19. The summed E-state index contributed by atoms with van der Waals surface area (Å²) in [5.74, 6) is -0.314. The molecule has 3 heteroatoms. The first kappa shape index (κ1) is 11.7. The van der Waals surface area contributed by atoms with Crippen LogP contribution in [0.3, 0.4) is 0 Å². The fraction of sp³-hybridized carbons (Fsp3) is 0.417. The maximum absolute atomic E-state index is 11.2. The van der Waals surface area contributed by atoms with Crippen LogP contribution in [0.25, 0.3) is 0 Å².